The van der Waals surface area contributed by atoms with Gasteiger partial charge in [-0.1, -0.05) is 30.7 Å². The van der Waals surface area contributed by atoms with Gasteiger partial charge in [0.2, 0.25) is 5.91 Å². The number of benzene rings is 1. The Morgan fingerprint density at radius 3 is 2.32 bits per heavy atom. The predicted molar refractivity (Wildman–Crippen MR) is 107 cm³/mol. The SMILES string of the molecule is Cl.Cl.NC1CCCC(C(=O)NCc2ccc(CN3CCCC3)cc2)C1. The van der Waals surface area contributed by atoms with Gasteiger partial charge >= 0.3 is 0 Å². The lowest BCUT2D eigenvalue weighted by atomic mass is 9.85. The zero-order valence-corrected chi connectivity index (χ0v) is 16.4. The lowest BCUT2D eigenvalue weighted by molar-refractivity contribution is -0.126. The van der Waals surface area contributed by atoms with Crippen LogP contribution in [-0.2, 0) is 17.9 Å². The van der Waals surface area contributed by atoms with Gasteiger partial charge in [-0.05, 0) is 56.3 Å². The molecule has 1 aromatic carbocycles. The molecule has 1 aliphatic heterocycles. The number of nitrogens with two attached hydrogens (primary N) is 1. The molecule has 142 valence electrons. The molecule has 1 aromatic rings. The van der Waals surface area contributed by atoms with Gasteiger partial charge < -0.3 is 11.1 Å². The predicted octanol–water partition coefficient (Wildman–Crippen LogP) is 3.26. The van der Waals surface area contributed by atoms with Crippen molar-refractivity contribution in [2.24, 2.45) is 11.7 Å². The van der Waals surface area contributed by atoms with Crippen molar-refractivity contribution in [1.82, 2.24) is 10.2 Å². The van der Waals surface area contributed by atoms with Crippen molar-refractivity contribution < 1.29 is 4.79 Å². The molecule has 0 bridgehead atoms. The molecule has 3 rings (SSSR count). The lowest BCUT2D eigenvalue weighted by Crippen LogP contribution is -2.37. The van der Waals surface area contributed by atoms with Crippen molar-refractivity contribution in [3.05, 3.63) is 35.4 Å². The molecule has 4 nitrogen and oxygen atoms in total. The maximum Gasteiger partial charge on any atom is 0.223 e. The first-order chi connectivity index (χ1) is 11.2. The normalized spacial score (nSPS) is 23.4. The Bertz CT molecular complexity index is 518. The lowest BCUT2D eigenvalue weighted by Gasteiger charge is -2.25. The molecule has 2 fully saturated rings. The third-order valence-electron chi connectivity index (χ3n) is 5.18. The summed E-state index contributed by atoms with van der Waals surface area (Å²) in [6.07, 6.45) is 6.60. The van der Waals surface area contributed by atoms with Gasteiger partial charge in [0.25, 0.3) is 0 Å². The quantitative estimate of drug-likeness (QED) is 0.814. The summed E-state index contributed by atoms with van der Waals surface area (Å²) < 4.78 is 0. The van der Waals surface area contributed by atoms with Crippen molar-refractivity contribution in [2.75, 3.05) is 13.1 Å². The van der Waals surface area contributed by atoms with Gasteiger partial charge in [-0.3, -0.25) is 9.69 Å². The molecule has 0 spiro atoms. The molecule has 6 heteroatoms. The molecule has 3 N–H and O–H groups in total. The van der Waals surface area contributed by atoms with Crippen LogP contribution in [0.3, 0.4) is 0 Å². The molecule has 0 aromatic heterocycles. The minimum atomic E-state index is 0. The first-order valence-electron chi connectivity index (χ1n) is 9.04. The Morgan fingerprint density at radius 1 is 1.04 bits per heavy atom. The second-order valence-corrected chi connectivity index (χ2v) is 7.14. The molecule has 1 aliphatic carbocycles. The van der Waals surface area contributed by atoms with Gasteiger partial charge in [0, 0.05) is 25.0 Å². The summed E-state index contributed by atoms with van der Waals surface area (Å²) in [5.74, 6) is 0.273. The van der Waals surface area contributed by atoms with Gasteiger partial charge in [0.1, 0.15) is 0 Å². The summed E-state index contributed by atoms with van der Waals surface area (Å²) in [6.45, 7) is 4.11. The van der Waals surface area contributed by atoms with E-state index in [2.05, 4.69) is 34.5 Å². The molecule has 1 heterocycles. The fraction of sp³-hybridized carbons (Fsp3) is 0.632. The maximum atomic E-state index is 12.2. The van der Waals surface area contributed by atoms with Crippen LogP contribution in [0, 0.1) is 5.92 Å². The van der Waals surface area contributed by atoms with E-state index in [0.29, 0.717) is 6.54 Å². The van der Waals surface area contributed by atoms with Crippen LogP contribution < -0.4 is 11.1 Å². The molecular weight excluding hydrogens is 357 g/mol. The minimum absolute atomic E-state index is 0. The first-order valence-corrected chi connectivity index (χ1v) is 9.04. The average molecular weight is 388 g/mol. The molecule has 1 saturated heterocycles. The number of amides is 1. The van der Waals surface area contributed by atoms with Gasteiger partial charge in [0.05, 0.1) is 0 Å². The number of carbonyl (C=O) groups excluding carboxylic acids is 1. The van der Waals surface area contributed by atoms with E-state index in [4.69, 9.17) is 5.73 Å². The Labute approximate surface area is 163 Å². The van der Waals surface area contributed by atoms with E-state index < -0.39 is 0 Å². The van der Waals surface area contributed by atoms with Crippen LogP contribution >= 0.6 is 24.8 Å². The molecule has 2 atom stereocenters. The number of nitrogens with one attached hydrogen (secondary N) is 1. The summed E-state index contributed by atoms with van der Waals surface area (Å²) >= 11 is 0. The van der Waals surface area contributed by atoms with Crippen molar-refractivity contribution in [1.29, 1.82) is 0 Å². The summed E-state index contributed by atoms with van der Waals surface area (Å²) in [7, 11) is 0. The first kappa shape index (κ1) is 22.2. The maximum absolute atomic E-state index is 12.2. The van der Waals surface area contributed by atoms with Crippen LogP contribution in [0.15, 0.2) is 24.3 Å². The minimum Gasteiger partial charge on any atom is -0.352 e. The van der Waals surface area contributed by atoms with Crippen LogP contribution in [0.4, 0.5) is 0 Å². The van der Waals surface area contributed by atoms with E-state index >= 15 is 0 Å². The molecular formula is C19H31Cl2N3O. The Morgan fingerprint density at radius 2 is 1.68 bits per heavy atom. The van der Waals surface area contributed by atoms with Gasteiger partial charge in [0.15, 0.2) is 0 Å². The number of carbonyl (C=O) groups is 1. The molecule has 0 radical (unpaired) electrons. The zero-order chi connectivity index (χ0) is 16.1. The highest BCUT2D eigenvalue weighted by atomic mass is 35.5. The van der Waals surface area contributed by atoms with Crippen molar-refractivity contribution in [3.63, 3.8) is 0 Å². The molecule has 1 saturated carbocycles. The number of nitrogens with zero attached hydrogens (tertiary/aromatic N) is 1. The highest BCUT2D eigenvalue weighted by Gasteiger charge is 2.24. The van der Waals surface area contributed by atoms with E-state index in [-0.39, 0.29) is 42.7 Å². The highest BCUT2D eigenvalue weighted by Crippen LogP contribution is 2.23. The molecule has 25 heavy (non-hydrogen) atoms. The summed E-state index contributed by atoms with van der Waals surface area (Å²) in [6, 6.07) is 8.85. The van der Waals surface area contributed by atoms with E-state index in [1.54, 1.807) is 0 Å². The zero-order valence-electron chi connectivity index (χ0n) is 14.8. The largest absolute Gasteiger partial charge is 0.352 e. The van der Waals surface area contributed by atoms with Crippen LogP contribution in [0.5, 0.6) is 0 Å². The fourth-order valence-corrected chi connectivity index (χ4v) is 3.76. The van der Waals surface area contributed by atoms with Crippen LogP contribution in [0.25, 0.3) is 0 Å². The summed E-state index contributed by atoms with van der Waals surface area (Å²) in [4.78, 5) is 14.7. The van der Waals surface area contributed by atoms with Crippen molar-refractivity contribution >= 4 is 30.7 Å². The topological polar surface area (TPSA) is 58.4 Å². The van der Waals surface area contributed by atoms with E-state index in [1.165, 1.54) is 37.1 Å². The van der Waals surface area contributed by atoms with Gasteiger partial charge in [-0.15, -0.1) is 24.8 Å². The van der Waals surface area contributed by atoms with E-state index in [0.717, 1.165) is 32.2 Å². The van der Waals surface area contributed by atoms with E-state index in [1.807, 2.05) is 0 Å². The third-order valence-corrected chi connectivity index (χ3v) is 5.18. The van der Waals surface area contributed by atoms with Crippen LogP contribution in [-0.4, -0.2) is 29.9 Å². The van der Waals surface area contributed by atoms with Crippen LogP contribution in [0.1, 0.15) is 49.7 Å². The molecule has 1 amide bonds. The Kier molecular flexibility index (Phi) is 9.80. The second kappa shape index (κ2) is 11.0. The monoisotopic (exact) mass is 387 g/mol. The smallest absolute Gasteiger partial charge is 0.223 e. The number of hydrogen-bond donors (Lipinski definition) is 2. The van der Waals surface area contributed by atoms with E-state index in [9.17, 15) is 4.79 Å². The number of halogens is 2. The second-order valence-electron chi connectivity index (χ2n) is 7.14. The van der Waals surface area contributed by atoms with Crippen molar-refractivity contribution in [3.8, 4) is 0 Å². The number of likely N-dealkylation sites (tertiary alicyclic amines) is 1. The average Bonchev–Trinajstić information content (AvgIpc) is 3.07. The number of rotatable bonds is 5. The van der Waals surface area contributed by atoms with Gasteiger partial charge in [-0.25, -0.2) is 0 Å². The summed E-state index contributed by atoms with van der Waals surface area (Å²) in [5, 5.41) is 3.08. The molecule has 2 unspecified atom stereocenters. The number of hydrogen-bond acceptors (Lipinski definition) is 3. The summed E-state index contributed by atoms with van der Waals surface area (Å²) in [5.41, 5.74) is 8.50. The standard InChI is InChI=1S/C19H29N3O.2ClH/c20-18-5-3-4-17(12-18)19(23)21-13-15-6-8-16(9-7-15)14-22-10-1-2-11-22;;/h6-9,17-18H,1-5,10-14,20H2,(H,21,23);2*1H. The Balaban J connectivity index is 0.00000156. The fourth-order valence-electron chi connectivity index (χ4n) is 3.76. The third kappa shape index (κ3) is 6.78. The molecule has 2 aliphatic rings. The van der Waals surface area contributed by atoms with Crippen LogP contribution in [0.2, 0.25) is 0 Å². The van der Waals surface area contributed by atoms with Crippen molar-refractivity contribution in [2.45, 2.75) is 57.7 Å². The Hall–Kier alpha value is -0.810. The van der Waals surface area contributed by atoms with Gasteiger partial charge in [-0.2, -0.15) is 0 Å². The highest BCUT2D eigenvalue weighted by molar-refractivity contribution is 5.85.